The molecule has 1 rings (SSSR count). The smallest absolute Gasteiger partial charge is 0.186 e. The largest absolute Gasteiger partial charge is 0.295 e. The predicted molar refractivity (Wildman–Crippen MR) is 68.6 cm³/mol. The quantitative estimate of drug-likeness (QED) is 0.750. The van der Waals surface area contributed by atoms with Crippen molar-refractivity contribution in [3.05, 3.63) is 41.5 Å². The molecule has 0 amide bonds. The van der Waals surface area contributed by atoms with Gasteiger partial charge in [0, 0.05) is 18.2 Å². The Balaban J connectivity index is 2.63. The molecule has 0 spiro atoms. The highest BCUT2D eigenvalue weighted by Gasteiger charge is 1.98. The SMILES string of the molecule is CC(=O)SCC=Cc1cccc(C(C)=O)c1. The van der Waals surface area contributed by atoms with Crippen LogP contribution in [-0.2, 0) is 4.79 Å². The first-order valence-electron chi connectivity index (χ1n) is 5.00. The van der Waals surface area contributed by atoms with Gasteiger partial charge < -0.3 is 0 Å². The number of ketones is 1. The summed E-state index contributed by atoms with van der Waals surface area (Å²) in [5, 5.41) is 0.113. The first kappa shape index (κ1) is 12.7. The summed E-state index contributed by atoms with van der Waals surface area (Å²) in [6.07, 6.45) is 3.84. The van der Waals surface area contributed by atoms with Gasteiger partial charge in [-0.15, -0.1) is 0 Å². The Morgan fingerprint density at radius 2 is 2.06 bits per heavy atom. The summed E-state index contributed by atoms with van der Waals surface area (Å²) >= 11 is 1.27. The fourth-order valence-electron chi connectivity index (χ4n) is 1.21. The third kappa shape index (κ3) is 4.45. The van der Waals surface area contributed by atoms with Crippen molar-refractivity contribution in [1.82, 2.24) is 0 Å². The number of rotatable bonds is 4. The molecular formula is C13H14O2S. The molecule has 0 aliphatic heterocycles. The number of carbonyl (C=O) groups is 2. The van der Waals surface area contributed by atoms with Crippen molar-refractivity contribution in [3.63, 3.8) is 0 Å². The minimum Gasteiger partial charge on any atom is -0.295 e. The molecule has 0 aliphatic rings. The Hall–Kier alpha value is -1.35. The zero-order chi connectivity index (χ0) is 12.0. The van der Waals surface area contributed by atoms with Gasteiger partial charge in [0.15, 0.2) is 10.9 Å². The van der Waals surface area contributed by atoms with E-state index in [9.17, 15) is 9.59 Å². The average molecular weight is 234 g/mol. The number of hydrogen-bond donors (Lipinski definition) is 0. The summed E-state index contributed by atoms with van der Waals surface area (Å²) < 4.78 is 0. The normalized spacial score (nSPS) is 10.6. The van der Waals surface area contributed by atoms with E-state index in [1.807, 2.05) is 30.4 Å². The van der Waals surface area contributed by atoms with E-state index in [1.165, 1.54) is 11.8 Å². The molecule has 0 radical (unpaired) electrons. The van der Waals surface area contributed by atoms with Gasteiger partial charge >= 0.3 is 0 Å². The molecule has 0 fully saturated rings. The number of thioether (sulfide) groups is 1. The van der Waals surface area contributed by atoms with Crippen LogP contribution in [0.25, 0.3) is 6.08 Å². The molecule has 0 unspecified atom stereocenters. The van der Waals surface area contributed by atoms with Gasteiger partial charge in [-0.05, 0) is 18.6 Å². The first-order chi connectivity index (χ1) is 7.59. The summed E-state index contributed by atoms with van der Waals surface area (Å²) in [6, 6.07) is 7.43. The molecule has 0 aromatic heterocycles. The summed E-state index contributed by atoms with van der Waals surface area (Å²) in [7, 11) is 0. The molecule has 84 valence electrons. The molecule has 1 aromatic carbocycles. The minimum atomic E-state index is 0.0633. The molecule has 0 heterocycles. The van der Waals surface area contributed by atoms with Gasteiger partial charge in [0.25, 0.3) is 0 Å². The van der Waals surface area contributed by atoms with Crippen LogP contribution in [0.4, 0.5) is 0 Å². The minimum absolute atomic E-state index is 0.0633. The molecule has 0 bridgehead atoms. The molecule has 0 N–H and O–H groups in total. The second kappa shape index (κ2) is 6.28. The zero-order valence-corrected chi connectivity index (χ0v) is 10.2. The van der Waals surface area contributed by atoms with Gasteiger partial charge in [0.05, 0.1) is 0 Å². The monoisotopic (exact) mass is 234 g/mol. The lowest BCUT2D eigenvalue weighted by Gasteiger charge is -1.97. The molecule has 0 atom stereocenters. The van der Waals surface area contributed by atoms with Crippen molar-refractivity contribution < 1.29 is 9.59 Å². The van der Waals surface area contributed by atoms with Crippen LogP contribution in [-0.4, -0.2) is 16.7 Å². The number of hydrogen-bond acceptors (Lipinski definition) is 3. The molecule has 0 saturated carbocycles. The van der Waals surface area contributed by atoms with Gasteiger partial charge in [-0.25, -0.2) is 0 Å². The van der Waals surface area contributed by atoms with Crippen molar-refractivity contribution in [1.29, 1.82) is 0 Å². The number of carbonyl (C=O) groups excluding carboxylic acids is 2. The molecule has 2 nitrogen and oxygen atoms in total. The second-order valence-corrected chi connectivity index (χ2v) is 4.58. The summed E-state index contributed by atoms with van der Waals surface area (Å²) in [4.78, 5) is 21.8. The summed E-state index contributed by atoms with van der Waals surface area (Å²) in [5.74, 6) is 0.730. The first-order valence-corrected chi connectivity index (χ1v) is 5.99. The van der Waals surface area contributed by atoms with E-state index in [2.05, 4.69) is 0 Å². The van der Waals surface area contributed by atoms with Crippen LogP contribution in [0, 0.1) is 0 Å². The van der Waals surface area contributed by atoms with E-state index in [0.717, 1.165) is 5.56 Å². The third-order valence-electron chi connectivity index (χ3n) is 1.99. The Morgan fingerprint density at radius 3 is 2.69 bits per heavy atom. The maximum absolute atomic E-state index is 11.1. The lowest BCUT2D eigenvalue weighted by atomic mass is 10.1. The van der Waals surface area contributed by atoms with Crippen LogP contribution in [0.5, 0.6) is 0 Å². The van der Waals surface area contributed by atoms with Crippen LogP contribution in [0.3, 0.4) is 0 Å². The molecular weight excluding hydrogens is 220 g/mol. The number of benzene rings is 1. The third-order valence-corrected chi connectivity index (χ3v) is 2.75. The zero-order valence-electron chi connectivity index (χ0n) is 9.40. The summed E-state index contributed by atoms with van der Waals surface area (Å²) in [6.45, 7) is 3.10. The maximum Gasteiger partial charge on any atom is 0.186 e. The van der Waals surface area contributed by atoms with Crippen LogP contribution < -0.4 is 0 Å². The summed E-state index contributed by atoms with van der Waals surface area (Å²) in [5.41, 5.74) is 1.69. The Kier molecular flexibility index (Phi) is 4.99. The fourth-order valence-corrected chi connectivity index (χ4v) is 1.64. The lowest BCUT2D eigenvalue weighted by molar-refractivity contribution is -0.109. The predicted octanol–water partition coefficient (Wildman–Crippen LogP) is 3.18. The fraction of sp³-hybridized carbons (Fsp3) is 0.231. The highest BCUT2D eigenvalue weighted by atomic mass is 32.2. The lowest BCUT2D eigenvalue weighted by Crippen LogP contribution is -1.91. The second-order valence-electron chi connectivity index (χ2n) is 3.39. The van der Waals surface area contributed by atoms with Crippen LogP contribution in [0.15, 0.2) is 30.3 Å². The van der Waals surface area contributed by atoms with Crippen LogP contribution in [0.1, 0.15) is 29.8 Å². The highest BCUT2D eigenvalue weighted by molar-refractivity contribution is 8.13. The topological polar surface area (TPSA) is 34.1 Å². The Labute approximate surface area is 99.7 Å². The van der Waals surface area contributed by atoms with E-state index < -0.39 is 0 Å². The van der Waals surface area contributed by atoms with E-state index in [0.29, 0.717) is 11.3 Å². The average Bonchev–Trinajstić information content (AvgIpc) is 2.24. The van der Waals surface area contributed by atoms with E-state index >= 15 is 0 Å². The van der Waals surface area contributed by atoms with Gasteiger partial charge in [-0.1, -0.05) is 42.1 Å². The van der Waals surface area contributed by atoms with Gasteiger partial charge in [0.1, 0.15) is 0 Å². The van der Waals surface area contributed by atoms with E-state index in [-0.39, 0.29) is 10.9 Å². The van der Waals surface area contributed by atoms with Crippen molar-refractivity contribution in [2.75, 3.05) is 5.75 Å². The molecule has 0 aliphatic carbocycles. The maximum atomic E-state index is 11.1. The molecule has 1 aromatic rings. The van der Waals surface area contributed by atoms with E-state index in [4.69, 9.17) is 0 Å². The Morgan fingerprint density at radius 1 is 1.31 bits per heavy atom. The van der Waals surface area contributed by atoms with Crippen LogP contribution in [0.2, 0.25) is 0 Å². The van der Waals surface area contributed by atoms with Gasteiger partial charge in [0.2, 0.25) is 0 Å². The van der Waals surface area contributed by atoms with Crippen molar-refractivity contribution in [2.24, 2.45) is 0 Å². The molecule has 3 heteroatoms. The van der Waals surface area contributed by atoms with E-state index in [1.54, 1.807) is 19.9 Å². The van der Waals surface area contributed by atoms with Crippen molar-refractivity contribution >= 4 is 28.7 Å². The van der Waals surface area contributed by atoms with Gasteiger partial charge in [-0.3, -0.25) is 9.59 Å². The number of Topliss-reactive ketones (excluding diaryl/α,β-unsaturated/α-hetero) is 1. The molecule has 16 heavy (non-hydrogen) atoms. The molecule has 0 saturated heterocycles. The van der Waals surface area contributed by atoms with Crippen molar-refractivity contribution in [3.8, 4) is 0 Å². The van der Waals surface area contributed by atoms with Crippen molar-refractivity contribution in [2.45, 2.75) is 13.8 Å². The standard InChI is InChI=1S/C13H14O2S/c1-10(14)13-7-3-5-12(9-13)6-4-8-16-11(2)15/h3-7,9H,8H2,1-2H3. The van der Waals surface area contributed by atoms with Gasteiger partial charge in [-0.2, -0.15) is 0 Å². The Bertz CT molecular complexity index is 422. The van der Waals surface area contributed by atoms with Crippen LogP contribution >= 0.6 is 11.8 Å². The highest BCUT2D eigenvalue weighted by Crippen LogP contribution is 2.09.